The van der Waals surface area contributed by atoms with Gasteiger partial charge in [0.05, 0.1) is 11.4 Å². The number of hydrogen-bond acceptors (Lipinski definition) is 4. The summed E-state index contributed by atoms with van der Waals surface area (Å²) in [6, 6.07) is 13.5. The molecule has 1 aliphatic rings. The van der Waals surface area contributed by atoms with Crippen molar-refractivity contribution in [1.82, 2.24) is 4.90 Å². The normalized spacial score (nSPS) is 17.5. The summed E-state index contributed by atoms with van der Waals surface area (Å²) in [6.07, 6.45) is 0.456. The third-order valence-corrected chi connectivity index (χ3v) is 4.12. The van der Waals surface area contributed by atoms with Crippen molar-refractivity contribution < 1.29 is 9.47 Å². The molecule has 2 aromatic carbocycles. The van der Waals surface area contributed by atoms with E-state index in [1.54, 1.807) is 0 Å². The Morgan fingerprint density at radius 1 is 1.08 bits per heavy atom. The van der Waals surface area contributed by atoms with Gasteiger partial charge in [0.2, 0.25) is 6.29 Å². The van der Waals surface area contributed by atoms with E-state index in [0.717, 1.165) is 35.8 Å². The number of rotatable bonds is 4. The van der Waals surface area contributed by atoms with Gasteiger partial charge in [-0.15, -0.1) is 0 Å². The fraction of sp³-hybridized carbons (Fsp3) is 0.368. The summed E-state index contributed by atoms with van der Waals surface area (Å²) in [5, 5.41) is 4.02. The molecule has 1 aliphatic heterocycles. The van der Waals surface area contributed by atoms with Crippen molar-refractivity contribution in [3.05, 3.63) is 47.5 Å². The molecule has 0 aliphatic carbocycles. The molecule has 2 atom stereocenters. The number of anilines is 2. The standard InChI is InChI=1S/C19H23ClN2O2/c1-13(12-22(2)3)10-19-23-17-7-5-4-6-15(17)21-16-11-14(20)8-9-18(16)24-19/h4-9,11,13,19,21H,10,12H2,1-3H3. The number of nitrogens with one attached hydrogen (secondary N) is 1. The second kappa shape index (κ2) is 7.32. The first-order chi connectivity index (χ1) is 11.5. The smallest absolute Gasteiger partial charge is 0.241 e. The monoisotopic (exact) mass is 346 g/mol. The molecule has 5 heteroatoms. The summed E-state index contributed by atoms with van der Waals surface area (Å²) in [4.78, 5) is 2.18. The largest absolute Gasteiger partial charge is 0.453 e. The number of hydrogen-bond donors (Lipinski definition) is 1. The first-order valence-corrected chi connectivity index (χ1v) is 8.52. The maximum Gasteiger partial charge on any atom is 0.241 e. The Bertz CT molecular complexity index is 706. The molecule has 1 heterocycles. The van der Waals surface area contributed by atoms with Crippen LogP contribution in [0.1, 0.15) is 13.3 Å². The SMILES string of the molecule is CC(CC1Oc2ccccc2Nc2cc(Cl)ccc2O1)CN(C)C. The zero-order valence-electron chi connectivity index (χ0n) is 14.3. The number of para-hydroxylation sites is 2. The summed E-state index contributed by atoms with van der Waals surface area (Å²) in [5.74, 6) is 1.97. The minimum absolute atomic E-state index is 0.344. The van der Waals surface area contributed by atoms with Crippen molar-refractivity contribution in [2.75, 3.05) is 26.0 Å². The van der Waals surface area contributed by atoms with Crippen LogP contribution in [0.25, 0.3) is 0 Å². The van der Waals surface area contributed by atoms with Crippen LogP contribution >= 0.6 is 11.6 Å². The first kappa shape index (κ1) is 16.9. The van der Waals surface area contributed by atoms with Gasteiger partial charge in [-0.3, -0.25) is 0 Å². The lowest BCUT2D eigenvalue weighted by Crippen LogP contribution is -2.31. The van der Waals surface area contributed by atoms with Crippen molar-refractivity contribution in [3.8, 4) is 11.5 Å². The fourth-order valence-electron chi connectivity index (χ4n) is 2.95. The summed E-state index contributed by atoms with van der Waals surface area (Å²) < 4.78 is 12.3. The quantitative estimate of drug-likeness (QED) is 0.864. The summed E-state index contributed by atoms with van der Waals surface area (Å²) >= 11 is 6.14. The van der Waals surface area contributed by atoms with E-state index in [1.165, 1.54) is 0 Å². The second-order valence-corrected chi connectivity index (χ2v) is 6.97. The van der Waals surface area contributed by atoms with Crippen LogP contribution in [0.2, 0.25) is 5.02 Å². The molecule has 0 fully saturated rings. The Morgan fingerprint density at radius 2 is 1.79 bits per heavy atom. The number of halogens is 1. The average Bonchev–Trinajstić information content (AvgIpc) is 2.49. The van der Waals surface area contributed by atoms with E-state index in [9.17, 15) is 0 Å². The molecule has 0 saturated heterocycles. The molecule has 24 heavy (non-hydrogen) atoms. The van der Waals surface area contributed by atoms with Gasteiger partial charge in [0, 0.05) is 18.0 Å². The number of benzene rings is 2. The maximum absolute atomic E-state index is 6.14. The van der Waals surface area contributed by atoms with Gasteiger partial charge in [0.15, 0.2) is 0 Å². The number of ether oxygens (including phenoxy) is 2. The van der Waals surface area contributed by atoms with Crippen LogP contribution in [0.3, 0.4) is 0 Å². The van der Waals surface area contributed by atoms with E-state index in [0.29, 0.717) is 10.9 Å². The minimum atomic E-state index is -0.344. The summed E-state index contributed by atoms with van der Waals surface area (Å²) in [6.45, 7) is 3.19. The topological polar surface area (TPSA) is 33.7 Å². The van der Waals surface area contributed by atoms with E-state index in [4.69, 9.17) is 21.1 Å². The van der Waals surface area contributed by atoms with Gasteiger partial charge in [0.1, 0.15) is 11.5 Å². The Balaban J connectivity index is 1.90. The van der Waals surface area contributed by atoms with E-state index < -0.39 is 0 Å². The molecule has 0 spiro atoms. The Morgan fingerprint density at radius 3 is 2.54 bits per heavy atom. The Kier molecular flexibility index (Phi) is 5.17. The predicted molar refractivity (Wildman–Crippen MR) is 98.6 cm³/mol. The van der Waals surface area contributed by atoms with E-state index >= 15 is 0 Å². The van der Waals surface area contributed by atoms with Gasteiger partial charge >= 0.3 is 0 Å². The number of nitrogens with zero attached hydrogens (tertiary/aromatic N) is 1. The van der Waals surface area contributed by atoms with Gasteiger partial charge in [-0.25, -0.2) is 0 Å². The zero-order valence-corrected chi connectivity index (χ0v) is 15.0. The zero-order chi connectivity index (χ0) is 17.1. The third-order valence-electron chi connectivity index (χ3n) is 3.89. The molecule has 0 saturated carbocycles. The van der Waals surface area contributed by atoms with Crippen molar-refractivity contribution in [2.24, 2.45) is 5.92 Å². The average molecular weight is 347 g/mol. The fourth-order valence-corrected chi connectivity index (χ4v) is 3.12. The van der Waals surface area contributed by atoms with Gasteiger partial charge in [0.25, 0.3) is 0 Å². The lowest BCUT2D eigenvalue weighted by atomic mass is 10.1. The van der Waals surface area contributed by atoms with Gasteiger partial charge in [-0.1, -0.05) is 30.7 Å². The lowest BCUT2D eigenvalue weighted by Gasteiger charge is -2.29. The molecule has 4 nitrogen and oxygen atoms in total. The van der Waals surface area contributed by atoms with Crippen LogP contribution in [-0.4, -0.2) is 31.8 Å². The first-order valence-electron chi connectivity index (χ1n) is 8.15. The van der Waals surface area contributed by atoms with Crippen molar-refractivity contribution in [3.63, 3.8) is 0 Å². The van der Waals surface area contributed by atoms with Gasteiger partial charge in [-0.2, -0.15) is 0 Å². The molecule has 0 radical (unpaired) electrons. The maximum atomic E-state index is 6.14. The van der Waals surface area contributed by atoms with Crippen LogP contribution in [0.5, 0.6) is 11.5 Å². The van der Waals surface area contributed by atoms with Crippen LogP contribution in [-0.2, 0) is 0 Å². The molecule has 0 amide bonds. The highest BCUT2D eigenvalue weighted by atomic mass is 35.5. The molecular formula is C19H23ClN2O2. The van der Waals surface area contributed by atoms with Crippen LogP contribution in [0, 0.1) is 5.92 Å². The minimum Gasteiger partial charge on any atom is -0.453 e. The Hall–Kier alpha value is -1.91. The highest BCUT2D eigenvalue weighted by molar-refractivity contribution is 6.31. The molecule has 0 aromatic heterocycles. The van der Waals surface area contributed by atoms with Crippen LogP contribution in [0.15, 0.2) is 42.5 Å². The number of fused-ring (bicyclic) bond motifs is 2. The molecule has 2 aromatic rings. The van der Waals surface area contributed by atoms with Gasteiger partial charge in [-0.05, 0) is 50.3 Å². The van der Waals surface area contributed by atoms with E-state index in [-0.39, 0.29) is 6.29 Å². The molecule has 1 N–H and O–H groups in total. The van der Waals surface area contributed by atoms with Crippen molar-refractivity contribution in [1.29, 1.82) is 0 Å². The summed E-state index contributed by atoms with van der Waals surface area (Å²) in [5.41, 5.74) is 1.76. The Labute approximate surface area is 148 Å². The lowest BCUT2D eigenvalue weighted by molar-refractivity contribution is -0.0130. The van der Waals surface area contributed by atoms with E-state index in [1.807, 2.05) is 42.5 Å². The van der Waals surface area contributed by atoms with Crippen LogP contribution < -0.4 is 14.8 Å². The molecule has 128 valence electrons. The molecule has 0 bridgehead atoms. The second-order valence-electron chi connectivity index (χ2n) is 6.53. The highest BCUT2D eigenvalue weighted by Crippen LogP contribution is 2.38. The third kappa shape index (κ3) is 4.13. The van der Waals surface area contributed by atoms with Crippen molar-refractivity contribution in [2.45, 2.75) is 19.6 Å². The molecule has 3 rings (SSSR count). The molecular weight excluding hydrogens is 324 g/mol. The van der Waals surface area contributed by atoms with Crippen molar-refractivity contribution >= 4 is 23.0 Å². The molecule has 2 unspecified atom stereocenters. The van der Waals surface area contributed by atoms with Gasteiger partial charge < -0.3 is 19.7 Å². The predicted octanol–water partition coefficient (Wildman–Crippen LogP) is 4.77. The summed E-state index contributed by atoms with van der Waals surface area (Å²) in [7, 11) is 4.15. The van der Waals surface area contributed by atoms with E-state index in [2.05, 4.69) is 31.2 Å². The van der Waals surface area contributed by atoms with Crippen LogP contribution in [0.4, 0.5) is 11.4 Å². The highest BCUT2D eigenvalue weighted by Gasteiger charge is 2.23.